The molecule has 1 atom stereocenters. The fourth-order valence-electron chi connectivity index (χ4n) is 3.66. The van der Waals surface area contributed by atoms with E-state index in [1.807, 2.05) is 0 Å². The average molecular weight is 578 g/mol. The minimum Gasteiger partial charge on any atom is -0.494 e. The summed E-state index contributed by atoms with van der Waals surface area (Å²) in [6.07, 6.45) is -9.90. The van der Waals surface area contributed by atoms with Crippen LogP contribution in [0.2, 0.25) is 5.02 Å². The second-order valence-corrected chi connectivity index (χ2v) is 8.63. The van der Waals surface area contributed by atoms with Crippen LogP contribution < -0.4 is 14.2 Å². The van der Waals surface area contributed by atoms with Crippen LogP contribution in [0.1, 0.15) is 28.9 Å². The Morgan fingerprint density at radius 1 is 1.00 bits per heavy atom. The fraction of sp³-hybridized carbons (Fsp3) is 0.308. The van der Waals surface area contributed by atoms with Crippen LogP contribution in [0.4, 0.5) is 26.3 Å². The molecule has 6 nitrogen and oxygen atoms in total. The molecule has 0 spiro atoms. The van der Waals surface area contributed by atoms with Crippen LogP contribution in [0.3, 0.4) is 0 Å². The summed E-state index contributed by atoms with van der Waals surface area (Å²) < 4.78 is 96.2. The lowest BCUT2D eigenvalue weighted by molar-refractivity contribution is -0.270. The van der Waals surface area contributed by atoms with E-state index in [9.17, 15) is 36.2 Å². The van der Waals surface area contributed by atoms with Crippen molar-refractivity contribution in [3.8, 4) is 28.5 Å². The predicted octanol–water partition coefficient (Wildman–Crippen LogP) is 6.62. The van der Waals surface area contributed by atoms with Crippen molar-refractivity contribution in [1.29, 1.82) is 0 Å². The van der Waals surface area contributed by atoms with Crippen molar-refractivity contribution in [3.05, 3.63) is 70.6 Å². The van der Waals surface area contributed by atoms with E-state index in [1.165, 1.54) is 32.4 Å². The lowest BCUT2D eigenvalue weighted by Crippen LogP contribution is -2.43. The Hall–Kier alpha value is -3.51. The zero-order chi connectivity index (χ0) is 29.0. The summed E-state index contributed by atoms with van der Waals surface area (Å²) >= 11 is 5.81. The zero-order valence-electron chi connectivity index (χ0n) is 20.5. The topological polar surface area (TPSA) is 77.9 Å². The number of hydrogen-bond acceptors (Lipinski definition) is 6. The van der Waals surface area contributed by atoms with E-state index in [4.69, 9.17) is 25.8 Å². The Morgan fingerprint density at radius 3 is 2.26 bits per heavy atom. The second kappa shape index (κ2) is 12.1. The molecule has 0 saturated heterocycles. The molecule has 2 aromatic carbocycles. The Labute approximate surface area is 224 Å². The first-order valence-corrected chi connectivity index (χ1v) is 11.6. The van der Waals surface area contributed by atoms with E-state index in [0.717, 1.165) is 30.3 Å². The van der Waals surface area contributed by atoms with Crippen molar-refractivity contribution in [3.63, 3.8) is 0 Å². The number of carbonyl (C=O) groups is 1. The summed E-state index contributed by atoms with van der Waals surface area (Å²) in [7, 11) is 2.44. The number of ether oxygens (including phenoxy) is 3. The third-order valence-electron chi connectivity index (χ3n) is 5.73. The number of carbonyl (C=O) groups excluding carboxylic acids is 1. The summed E-state index contributed by atoms with van der Waals surface area (Å²) in [5.74, 6) is -1.69. The van der Waals surface area contributed by atoms with Crippen molar-refractivity contribution in [2.75, 3.05) is 20.8 Å². The lowest BCUT2D eigenvalue weighted by Gasteiger charge is -2.30. The summed E-state index contributed by atoms with van der Waals surface area (Å²) in [5.41, 5.74) is -4.49. The number of methoxy groups -OCH3 is 2. The normalized spacial score (nSPS) is 13.2. The fourth-order valence-corrected chi connectivity index (χ4v) is 3.84. The van der Waals surface area contributed by atoms with Gasteiger partial charge in [-0.1, -0.05) is 11.6 Å². The molecule has 0 aliphatic rings. The summed E-state index contributed by atoms with van der Waals surface area (Å²) in [6.45, 7) is -0.927. The molecule has 13 heteroatoms. The highest BCUT2D eigenvalue weighted by Gasteiger charge is 2.56. The maximum atomic E-state index is 14.2. The van der Waals surface area contributed by atoms with Gasteiger partial charge in [0.1, 0.15) is 23.9 Å². The number of benzene rings is 2. The van der Waals surface area contributed by atoms with Gasteiger partial charge in [-0.15, -0.1) is 0 Å². The van der Waals surface area contributed by atoms with E-state index < -0.39 is 54.9 Å². The van der Waals surface area contributed by atoms with Gasteiger partial charge >= 0.3 is 6.18 Å². The first-order chi connectivity index (χ1) is 18.3. The summed E-state index contributed by atoms with van der Waals surface area (Å²) in [4.78, 5) is 16.7. The van der Waals surface area contributed by atoms with E-state index in [0.29, 0.717) is 0 Å². The zero-order valence-corrected chi connectivity index (χ0v) is 21.2. The highest BCUT2D eigenvalue weighted by atomic mass is 35.5. The number of hydrogen-bond donors (Lipinski definition) is 1. The standard InChI is InChI=1S/C26H22ClF6NO5/c1-37-20-7-8-22(34-24(20)15-3-5-17(28)16(27)11-15)25(36,26(31,32)33)10-9-18(35)14-4-6-19(21(12-14)38-2)39-13-23(29)30/h3-8,11-12,23,36H,9-10,13H2,1-2H3. The maximum absolute atomic E-state index is 14.2. The lowest BCUT2D eigenvalue weighted by atomic mass is 9.89. The van der Waals surface area contributed by atoms with Gasteiger partial charge in [-0.25, -0.2) is 18.2 Å². The minimum absolute atomic E-state index is 0.0308. The van der Waals surface area contributed by atoms with Crippen LogP contribution in [0.5, 0.6) is 17.2 Å². The number of alkyl halides is 5. The molecule has 0 bridgehead atoms. The molecule has 0 fully saturated rings. The van der Waals surface area contributed by atoms with E-state index >= 15 is 0 Å². The molecule has 210 valence electrons. The van der Waals surface area contributed by atoms with Crippen LogP contribution >= 0.6 is 11.6 Å². The quantitative estimate of drug-likeness (QED) is 0.204. The molecule has 1 heterocycles. The number of aliphatic hydroxyl groups is 1. The number of halogens is 7. The molecule has 1 aromatic heterocycles. The number of pyridine rings is 1. The third kappa shape index (κ3) is 6.74. The van der Waals surface area contributed by atoms with Crippen LogP contribution in [-0.2, 0) is 5.60 Å². The van der Waals surface area contributed by atoms with Gasteiger partial charge in [0.25, 0.3) is 6.43 Å². The van der Waals surface area contributed by atoms with E-state index in [2.05, 4.69) is 4.98 Å². The minimum atomic E-state index is -5.25. The highest BCUT2D eigenvalue weighted by molar-refractivity contribution is 6.31. The van der Waals surface area contributed by atoms with Crippen LogP contribution in [0.15, 0.2) is 48.5 Å². The molecule has 0 aliphatic carbocycles. The summed E-state index contributed by atoms with van der Waals surface area (Å²) in [6, 6.07) is 8.92. The maximum Gasteiger partial charge on any atom is 0.422 e. The monoisotopic (exact) mass is 577 g/mol. The Morgan fingerprint density at radius 2 is 1.67 bits per heavy atom. The van der Waals surface area contributed by atoms with Gasteiger partial charge in [0.15, 0.2) is 17.3 Å². The molecule has 1 N–H and O–H groups in total. The number of ketones is 1. The van der Waals surface area contributed by atoms with Crippen molar-refractivity contribution < 1.29 is 50.5 Å². The average Bonchev–Trinajstić information content (AvgIpc) is 2.90. The highest BCUT2D eigenvalue weighted by Crippen LogP contribution is 2.44. The Bertz CT molecular complexity index is 1340. The van der Waals surface area contributed by atoms with Crippen LogP contribution in [0.25, 0.3) is 11.3 Å². The molecule has 0 aliphatic heterocycles. The molecule has 3 aromatic rings. The van der Waals surface area contributed by atoms with Gasteiger partial charge in [-0.3, -0.25) is 4.79 Å². The van der Waals surface area contributed by atoms with Crippen molar-refractivity contribution >= 4 is 17.4 Å². The summed E-state index contributed by atoms with van der Waals surface area (Å²) in [5, 5.41) is 10.5. The third-order valence-corrected chi connectivity index (χ3v) is 6.02. The first kappa shape index (κ1) is 30.0. The van der Waals surface area contributed by atoms with Crippen LogP contribution in [-0.4, -0.2) is 49.3 Å². The largest absolute Gasteiger partial charge is 0.494 e. The van der Waals surface area contributed by atoms with Gasteiger partial charge in [-0.05, 0) is 55.0 Å². The van der Waals surface area contributed by atoms with E-state index in [-0.39, 0.29) is 39.1 Å². The molecule has 39 heavy (non-hydrogen) atoms. The van der Waals surface area contributed by atoms with Gasteiger partial charge in [0.2, 0.25) is 5.60 Å². The smallest absolute Gasteiger partial charge is 0.422 e. The van der Waals surface area contributed by atoms with Crippen molar-refractivity contribution in [2.24, 2.45) is 0 Å². The Kier molecular flexibility index (Phi) is 9.34. The van der Waals surface area contributed by atoms with Crippen molar-refractivity contribution in [1.82, 2.24) is 4.98 Å². The second-order valence-electron chi connectivity index (χ2n) is 8.23. The Balaban J connectivity index is 1.93. The molecular weight excluding hydrogens is 556 g/mol. The molecule has 1 unspecified atom stereocenters. The SMILES string of the molecule is COc1cc(C(=O)CCC(O)(c2ccc(OC)c(-c3ccc(F)c(Cl)c3)n2)C(F)(F)F)ccc1OCC(F)F. The predicted molar refractivity (Wildman–Crippen MR) is 129 cm³/mol. The molecule has 0 saturated carbocycles. The molecule has 0 radical (unpaired) electrons. The van der Waals surface area contributed by atoms with Gasteiger partial charge < -0.3 is 19.3 Å². The molecule has 0 amide bonds. The van der Waals surface area contributed by atoms with Crippen molar-refractivity contribution in [2.45, 2.75) is 31.0 Å². The van der Waals surface area contributed by atoms with Gasteiger partial charge in [0, 0.05) is 17.5 Å². The number of nitrogens with zero attached hydrogens (tertiary/aromatic N) is 1. The molecule has 3 rings (SSSR count). The first-order valence-electron chi connectivity index (χ1n) is 11.2. The number of rotatable bonds is 11. The number of Topliss-reactive ketones (excluding diaryl/α,β-unsaturated/α-hetero) is 1. The van der Waals surface area contributed by atoms with E-state index in [1.54, 1.807) is 0 Å². The molecular formula is C26H22ClF6NO5. The van der Waals surface area contributed by atoms with Crippen LogP contribution in [0, 0.1) is 5.82 Å². The number of aromatic nitrogens is 1. The van der Waals surface area contributed by atoms with Gasteiger partial charge in [-0.2, -0.15) is 13.2 Å². The van der Waals surface area contributed by atoms with Gasteiger partial charge in [0.05, 0.1) is 24.9 Å².